The highest BCUT2D eigenvalue weighted by atomic mass is 35.5. The van der Waals surface area contributed by atoms with Gasteiger partial charge in [-0.25, -0.2) is 0 Å². The summed E-state index contributed by atoms with van der Waals surface area (Å²) in [6.45, 7) is 1.89. The van der Waals surface area contributed by atoms with E-state index < -0.39 is 17.4 Å². The SMILES string of the molecule is C[C@H](C(=O)c1ccccc1)[C@]1(O)C(=O)N(Cc2ccc(Cl)cc2)c2ccccc21. The molecule has 0 bridgehead atoms. The Kier molecular flexibility index (Phi) is 4.99. The van der Waals surface area contributed by atoms with E-state index >= 15 is 0 Å². The largest absolute Gasteiger partial charge is 0.375 e. The number of hydrogen-bond acceptors (Lipinski definition) is 3. The van der Waals surface area contributed by atoms with Gasteiger partial charge < -0.3 is 10.0 Å². The van der Waals surface area contributed by atoms with Crippen molar-refractivity contribution in [2.75, 3.05) is 4.90 Å². The first kappa shape index (κ1) is 19.4. The van der Waals surface area contributed by atoms with Gasteiger partial charge in [-0.1, -0.05) is 79.2 Å². The second-order valence-corrected chi connectivity index (χ2v) is 7.69. The van der Waals surface area contributed by atoms with E-state index in [0.717, 1.165) is 5.56 Å². The molecule has 146 valence electrons. The van der Waals surface area contributed by atoms with Gasteiger partial charge in [0.05, 0.1) is 18.2 Å². The number of halogens is 1. The normalized spacial score (nSPS) is 19.1. The summed E-state index contributed by atoms with van der Waals surface area (Å²) < 4.78 is 0. The standard InChI is InChI=1S/C24H20ClNO3/c1-16(22(27)18-7-3-2-4-8-18)24(29)20-9-5-6-10-21(20)26(23(24)28)15-17-11-13-19(25)14-12-17/h2-14,16,29H,15H2,1H3/t16-,24-/m1/s1. The summed E-state index contributed by atoms with van der Waals surface area (Å²) in [6.07, 6.45) is 0. The molecule has 1 heterocycles. The third kappa shape index (κ3) is 3.24. The van der Waals surface area contributed by atoms with E-state index in [1.54, 1.807) is 61.5 Å². The summed E-state index contributed by atoms with van der Waals surface area (Å²) in [4.78, 5) is 28.0. The van der Waals surface area contributed by atoms with E-state index in [0.29, 0.717) is 21.8 Å². The first-order chi connectivity index (χ1) is 13.9. The van der Waals surface area contributed by atoms with Gasteiger partial charge in [0.15, 0.2) is 11.4 Å². The Labute approximate surface area is 174 Å². The first-order valence-corrected chi connectivity index (χ1v) is 9.78. The zero-order chi connectivity index (χ0) is 20.6. The monoisotopic (exact) mass is 405 g/mol. The van der Waals surface area contributed by atoms with Gasteiger partial charge in [-0.05, 0) is 23.8 Å². The zero-order valence-electron chi connectivity index (χ0n) is 15.9. The number of ketones is 1. The molecule has 4 rings (SSSR count). The highest BCUT2D eigenvalue weighted by Gasteiger charge is 2.55. The Morgan fingerprint density at radius 2 is 1.62 bits per heavy atom. The van der Waals surface area contributed by atoms with Crippen LogP contribution in [0.2, 0.25) is 5.02 Å². The average Bonchev–Trinajstić information content (AvgIpc) is 2.97. The molecule has 0 aromatic heterocycles. The molecule has 1 amide bonds. The zero-order valence-corrected chi connectivity index (χ0v) is 16.6. The van der Waals surface area contributed by atoms with Crippen LogP contribution in [0.5, 0.6) is 0 Å². The number of fused-ring (bicyclic) bond motifs is 1. The van der Waals surface area contributed by atoms with Gasteiger partial charge >= 0.3 is 0 Å². The molecular weight excluding hydrogens is 386 g/mol. The molecule has 3 aromatic rings. The summed E-state index contributed by atoms with van der Waals surface area (Å²) in [6, 6.07) is 23.0. The highest BCUT2D eigenvalue weighted by molar-refractivity contribution is 6.30. The van der Waals surface area contributed by atoms with Gasteiger partial charge in [0.2, 0.25) is 0 Å². The molecule has 5 heteroatoms. The highest BCUT2D eigenvalue weighted by Crippen LogP contribution is 2.46. The lowest BCUT2D eigenvalue weighted by molar-refractivity contribution is -0.139. The van der Waals surface area contributed by atoms with E-state index in [9.17, 15) is 14.7 Å². The summed E-state index contributed by atoms with van der Waals surface area (Å²) >= 11 is 5.96. The maximum absolute atomic E-state index is 13.4. The molecule has 0 saturated heterocycles. The van der Waals surface area contributed by atoms with Crippen LogP contribution in [-0.4, -0.2) is 16.8 Å². The summed E-state index contributed by atoms with van der Waals surface area (Å²) in [7, 11) is 0. The van der Waals surface area contributed by atoms with Gasteiger partial charge in [-0.3, -0.25) is 9.59 Å². The van der Waals surface area contributed by atoms with Gasteiger partial charge in [0.25, 0.3) is 5.91 Å². The topological polar surface area (TPSA) is 57.6 Å². The molecule has 0 unspecified atom stereocenters. The summed E-state index contributed by atoms with van der Waals surface area (Å²) in [5.41, 5.74) is 0.493. The van der Waals surface area contributed by atoms with Crippen molar-refractivity contribution in [2.24, 2.45) is 5.92 Å². The number of nitrogens with zero attached hydrogens (tertiary/aromatic N) is 1. The Bertz CT molecular complexity index is 1060. The number of para-hydroxylation sites is 1. The number of Topliss-reactive ketones (excluding diaryl/α,β-unsaturated/α-hetero) is 1. The smallest absolute Gasteiger partial charge is 0.264 e. The number of amides is 1. The predicted molar refractivity (Wildman–Crippen MR) is 113 cm³/mol. The van der Waals surface area contributed by atoms with Crippen molar-refractivity contribution in [3.05, 3.63) is 101 Å². The van der Waals surface area contributed by atoms with Crippen LogP contribution in [0.3, 0.4) is 0 Å². The minimum absolute atomic E-state index is 0.274. The molecular formula is C24H20ClNO3. The van der Waals surface area contributed by atoms with E-state index in [1.807, 2.05) is 24.3 Å². The second kappa shape index (κ2) is 7.47. The number of hydrogen-bond donors (Lipinski definition) is 1. The molecule has 2 atom stereocenters. The van der Waals surface area contributed by atoms with Crippen molar-refractivity contribution >= 4 is 29.0 Å². The van der Waals surface area contributed by atoms with Crippen molar-refractivity contribution in [3.8, 4) is 0 Å². The van der Waals surface area contributed by atoms with Crippen molar-refractivity contribution in [3.63, 3.8) is 0 Å². The lowest BCUT2D eigenvalue weighted by atomic mass is 9.79. The van der Waals surface area contributed by atoms with Crippen LogP contribution in [0.4, 0.5) is 5.69 Å². The van der Waals surface area contributed by atoms with Crippen molar-refractivity contribution < 1.29 is 14.7 Å². The Hall–Kier alpha value is -2.95. The summed E-state index contributed by atoms with van der Waals surface area (Å²) in [5.74, 6) is -1.70. The fourth-order valence-corrected chi connectivity index (χ4v) is 3.98. The molecule has 0 spiro atoms. The molecule has 1 N–H and O–H groups in total. The predicted octanol–water partition coefficient (Wildman–Crippen LogP) is 4.59. The lowest BCUT2D eigenvalue weighted by Crippen LogP contribution is -2.47. The third-order valence-electron chi connectivity index (χ3n) is 5.51. The van der Waals surface area contributed by atoms with Crippen LogP contribution < -0.4 is 4.90 Å². The Morgan fingerprint density at radius 1 is 1.00 bits per heavy atom. The lowest BCUT2D eigenvalue weighted by Gasteiger charge is -2.28. The van der Waals surface area contributed by atoms with Crippen LogP contribution in [-0.2, 0) is 16.9 Å². The van der Waals surface area contributed by atoms with E-state index in [-0.39, 0.29) is 12.3 Å². The van der Waals surface area contributed by atoms with Crippen molar-refractivity contribution in [2.45, 2.75) is 19.1 Å². The molecule has 3 aromatic carbocycles. The minimum atomic E-state index is -1.92. The van der Waals surface area contributed by atoms with Gasteiger partial charge in [-0.15, -0.1) is 0 Å². The maximum Gasteiger partial charge on any atom is 0.264 e. The van der Waals surface area contributed by atoms with Crippen molar-refractivity contribution in [1.82, 2.24) is 0 Å². The third-order valence-corrected chi connectivity index (χ3v) is 5.76. The number of carbonyl (C=O) groups is 2. The number of benzene rings is 3. The summed E-state index contributed by atoms with van der Waals surface area (Å²) in [5, 5.41) is 12.2. The van der Waals surface area contributed by atoms with Gasteiger partial charge in [-0.2, -0.15) is 0 Å². The molecule has 0 aliphatic carbocycles. The van der Waals surface area contributed by atoms with E-state index in [1.165, 1.54) is 4.90 Å². The van der Waals surface area contributed by atoms with E-state index in [4.69, 9.17) is 11.6 Å². The second-order valence-electron chi connectivity index (χ2n) is 7.25. The Morgan fingerprint density at radius 3 is 2.31 bits per heavy atom. The van der Waals surface area contributed by atoms with Crippen LogP contribution in [0.15, 0.2) is 78.9 Å². The van der Waals surface area contributed by atoms with Crippen LogP contribution in [0.1, 0.15) is 28.4 Å². The van der Waals surface area contributed by atoms with Crippen LogP contribution in [0.25, 0.3) is 0 Å². The molecule has 4 nitrogen and oxygen atoms in total. The molecule has 0 radical (unpaired) electrons. The number of anilines is 1. The quantitative estimate of drug-likeness (QED) is 0.631. The minimum Gasteiger partial charge on any atom is -0.375 e. The fourth-order valence-electron chi connectivity index (χ4n) is 3.85. The number of rotatable bonds is 5. The number of carbonyl (C=O) groups excluding carboxylic acids is 2. The fraction of sp³-hybridized carbons (Fsp3) is 0.167. The molecule has 1 aliphatic rings. The van der Waals surface area contributed by atoms with Crippen LogP contribution >= 0.6 is 11.6 Å². The molecule has 0 fully saturated rings. The Balaban J connectivity index is 1.73. The first-order valence-electron chi connectivity index (χ1n) is 9.40. The average molecular weight is 406 g/mol. The molecule has 1 aliphatic heterocycles. The molecule has 29 heavy (non-hydrogen) atoms. The van der Waals surface area contributed by atoms with Crippen molar-refractivity contribution in [1.29, 1.82) is 0 Å². The van der Waals surface area contributed by atoms with Crippen LogP contribution in [0, 0.1) is 5.92 Å². The number of aliphatic hydroxyl groups is 1. The van der Waals surface area contributed by atoms with Gasteiger partial charge in [0, 0.05) is 16.1 Å². The van der Waals surface area contributed by atoms with E-state index in [2.05, 4.69) is 0 Å². The molecule has 0 saturated carbocycles. The van der Waals surface area contributed by atoms with Gasteiger partial charge in [0.1, 0.15) is 0 Å². The maximum atomic E-state index is 13.4.